The molecule has 0 saturated carbocycles. The molecule has 0 heterocycles. The van der Waals surface area contributed by atoms with Gasteiger partial charge in [0.25, 0.3) is 0 Å². The summed E-state index contributed by atoms with van der Waals surface area (Å²) in [7, 11) is 1.62. The number of carbonyl (C=O) groups is 1. The summed E-state index contributed by atoms with van der Waals surface area (Å²) in [5, 5.41) is 3.10. The normalized spacial score (nSPS) is 9.82. The number of likely N-dealkylation sites (N-methyl/N-ethyl adjacent to an activating group) is 1. The van der Waals surface area contributed by atoms with E-state index >= 15 is 0 Å². The Bertz CT molecular complexity index is 362. The molecule has 1 rings (SSSR count). The van der Waals surface area contributed by atoms with Gasteiger partial charge in [-0.1, -0.05) is 12.1 Å². The Hall–Kier alpha value is -1.71. The average molecular weight is 236 g/mol. The third-order valence-corrected chi connectivity index (χ3v) is 2.65. The Morgan fingerprint density at radius 2 is 1.94 bits per heavy atom. The third kappa shape index (κ3) is 3.66. The Balaban J connectivity index is 2.58. The molecule has 0 spiro atoms. The van der Waals surface area contributed by atoms with E-state index in [-0.39, 0.29) is 5.91 Å². The summed E-state index contributed by atoms with van der Waals surface area (Å²) < 4.78 is 5.20. The molecule has 0 aliphatic heterocycles. The van der Waals surface area contributed by atoms with Crippen LogP contribution in [-0.2, 0) is 4.79 Å². The van der Waals surface area contributed by atoms with Gasteiger partial charge in [-0.15, -0.1) is 0 Å². The fourth-order valence-corrected chi connectivity index (χ4v) is 1.65. The Kier molecular flexibility index (Phi) is 5.33. The topological polar surface area (TPSA) is 41.6 Å². The summed E-state index contributed by atoms with van der Waals surface area (Å²) in [4.78, 5) is 13.6. The lowest BCUT2D eigenvalue weighted by Crippen LogP contribution is -2.35. The van der Waals surface area contributed by atoms with Crippen LogP contribution >= 0.6 is 0 Å². The first-order valence-electron chi connectivity index (χ1n) is 5.87. The molecule has 0 aliphatic carbocycles. The van der Waals surface area contributed by atoms with Gasteiger partial charge < -0.3 is 15.0 Å². The number of para-hydroxylation sites is 2. The van der Waals surface area contributed by atoms with Gasteiger partial charge in [0, 0.05) is 13.1 Å². The van der Waals surface area contributed by atoms with Crippen LogP contribution in [0.5, 0.6) is 5.75 Å². The van der Waals surface area contributed by atoms with Crippen molar-refractivity contribution in [3.8, 4) is 5.75 Å². The van der Waals surface area contributed by atoms with Crippen LogP contribution in [0.25, 0.3) is 0 Å². The molecule has 1 amide bonds. The van der Waals surface area contributed by atoms with Crippen LogP contribution in [0.1, 0.15) is 13.8 Å². The van der Waals surface area contributed by atoms with Gasteiger partial charge in [-0.25, -0.2) is 0 Å². The van der Waals surface area contributed by atoms with Crippen molar-refractivity contribution < 1.29 is 9.53 Å². The van der Waals surface area contributed by atoms with Crippen molar-refractivity contribution in [3.05, 3.63) is 24.3 Å². The number of methoxy groups -OCH3 is 1. The zero-order valence-electron chi connectivity index (χ0n) is 10.7. The van der Waals surface area contributed by atoms with Gasteiger partial charge in [-0.3, -0.25) is 4.79 Å². The second kappa shape index (κ2) is 6.78. The Morgan fingerprint density at radius 3 is 2.53 bits per heavy atom. The van der Waals surface area contributed by atoms with E-state index in [1.807, 2.05) is 38.1 Å². The quantitative estimate of drug-likeness (QED) is 0.821. The molecule has 4 heteroatoms. The van der Waals surface area contributed by atoms with Crippen LogP contribution < -0.4 is 10.1 Å². The largest absolute Gasteiger partial charge is 0.495 e. The van der Waals surface area contributed by atoms with Crippen LogP contribution in [-0.4, -0.2) is 37.6 Å². The molecule has 94 valence electrons. The third-order valence-electron chi connectivity index (χ3n) is 2.65. The minimum Gasteiger partial charge on any atom is -0.495 e. The predicted octanol–water partition coefficient (Wildman–Crippen LogP) is 1.98. The summed E-state index contributed by atoms with van der Waals surface area (Å²) in [6.07, 6.45) is 0. The van der Waals surface area contributed by atoms with Crippen molar-refractivity contribution in [1.29, 1.82) is 0 Å². The second-order valence-electron chi connectivity index (χ2n) is 3.62. The highest BCUT2D eigenvalue weighted by Gasteiger charge is 2.09. The van der Waals surface area contributed by atoms with Crippen LogP contribution in [0.15, 0.2) is 24.3 Å². The number of nitrogens with zero attached hydrogens (tertiary/aromatic N) is 1. The van der Waals surface area contributed by atoms with Crippen molar-refractivity contribution in [2.75, 3.05) is 32.1 Å². The fraction of sp³-hybridized carbons (Fsp3) is 0.462. The van der Waals surface area contributed by atoms with Crippen molar-refractivity contribution in [2.24, 2.45) is 0 Å². The second-order valence-corrected chi connectivity index (χ2v) is 3.62. The number of ether oxygens (including phenoxy) is 1. The van der Waals surface area contributed by atoms with Gasteiger partial charge in [-0.05, 0) is 26.0 Å². The first kappa shape index (κ1) is 13.4. The molecule has 0 unspecified atom stereocenters. The molecule has 0 bridgehead atoms. The maximum Gasteiger partial charge on any atom is 0.241 e. The molecule has 17 heavy (non-hydrogen) atoms. The van der Waals surface area contributed by atoms with Crippen LogP contribution in [0.4, 0.5) is 5.69 Å². The SMILES string of the molecule is CCN(CC)C(=O)CNc1ccccc1OC. The van der Waals surface area contributed by atoms with E-state index in [1.165, 1.54) is 0 Å². The molecule has 4 nitrogen and oxygen atoms in total. The van der Waals surface area contributed by atoms with E-state index in [1.54, 1.807) is 12.0 Å². The molecule has 1 aromatic rings. The molecule has 0 aromatic heterocycles. The van der Waals surface area contributed by atoms with E-state index in [0.717, 1.165) is 24.5 Å². The Labute approximate surface area is 103 Å². The monoisotopic (exact) mass is 236 g/mol. The standard InChI is InChI=1S/C13H20N2O2/c1-4-15(5-2)13(16)10-14-11-8-6-7-9-12(11)17-3/h6-9,14H,4-5,10H2,1-3H3. The highest BCUT2D eigenvalue weighted by Crippen LogP contribution is 2.22. The smallest absolute Gasteiger partial charge is 0.241 e. The van der Waals surface area contributed by atoms with E-state index in [2.05, 4.69) is 5.32 Å². The van der Waals surface area contributed by atoms with Crippen LogP contribution in [0.2, 0.25) is 0 Å². The molecule has 0 atom stereocenters. The van der Waals surface area contributed by atoms with Crippen molar-refractivity contribution in [2.45, 2.75) is 13.8 Å². The van der Waals surface area contributed by atoms with E-state index in [9.17, 15) is 4.79 Å². The van der Waals surface area contributed by atoms with Gasteiger partial charge in [0.05, 0.1) is 19.3 Å². The summed E-state index contributed by atoms with van der Waals surface area (Å²) >= 11 is 0. The van der Waals surface area contributed by atoms with Gasteiger partial charge in [0.1, 0.15) is 5.75 Å². The minimum absolute atomic E-state index is 0.0981. The van der Waals surface area contributed by atoms with Crippen LogP contribution in [0, 0.1) is 0 Å². The predicted molar refractivity (Wildman–Crippen MR) is 69.4 cm³/mol. The maximum atomic E-state index is 11.8. The van der Waals surface area contributed by atoms with Gasteiger partial charge in [0.2, 0.25) is 5.91 Å². The molecule has 0 aliphatic rings. The number of amides is 1. The zero-order chi connectivity index (χ0) is 12.7. The molecule has 0 fully saturated rings. The van der Waals surface area contributed by atoms with Crippen LogP contribution in [0.3, 0.4) is 0 Å². The highest BCUT2D eigenvalue weighted by atomic mass is 16.5. The summed E-state index contributed by atoms with van der Waals surface area (Å²) in [5.41, 5.74) is 0.843. The van der Waals surface area contributed by atoms with Crippen molar-refractivity contribution in [3.63, 3.8) is 0 Å². The lowest BCUT2D eigenvalue weighted by Gasteiger charge is -2.19. The maximum absolute atomic E-state index is 11.8. The zero-order valence-corrected chi connectivity index (χ0v) is 10.7. The summed E-state index contributed by atoms with van der Waals surface area (Å²) in [6, 6.07) is 7.57. The molecule has 0 saturated heterocycles. The molecule has 1 N–H and O–H groups in total. The highest BCUT2D eigenvalue weighted by molar-refractivity contribution is 5.81. The van der Waals surface area contributed by atoms with Gasteiger partial charge >= 0.3 is 0 Å². The first-order valence-corrected chi connectivity index (χ1v) is 5.87. The molecule has 0 radical (unpaired) electrons. The summed E-state index contributed by atoms with van der Waals surface area (Å²) in [6.45, 7) is 5.73. The minimum atomic E-state index is 0.0981. The van der Waals surface area contributed by atoms with E-state index < -0.39 is 0 Å². The van der Waals surface area contributed by atoms with Crippen molar-refractivity contribution in [1.82, 2.24) is 4.90 Å². The number of rotatable bonds is 6. The van der Waals surface area contributed by atoms with Crippen molar-refractivity contribution >= 4 is 11.6 Å². The lowest BCUT2D eigenvalue weighted by atomic mass is 10.3. The van der Waals surface area contributed by atoms with E-state index in [4.69, 9.17) is 4.74 Å². The molecular formula is C13H20N2O2. The van der Waals surface area contributed by atoms with Gasteiger partial charge in [-0.2, -0.15) is 0 Å². The fourth-order valence-electron chi connectivity index (χ4n) is 1.65. The molecule has 1 aromatic carbocycles. The molecular weight excluding hydrogens is 216 g/mol. The lowest BCUT2D eigenvalue weighted by molar-refractivity contribution is -0.128. The number of hydrogen-bond acceptors (Lipinski definition) is 3. The van der Waals surface area contributed by atoms with E-state index in [0.29, 0.717) is 6.54 Å². The number of anilines is 1. The number of carbonyl (C=O) groups excluding carboxylic acids is 1. The first-order chi connectivity index (χ1) is 8.22. The summed E-state index contributed by atoms with van der Waals surface area (Å²) in [5.74, 6) is 0.848. The number of benzene rings is 1. The average Bonchev–Trinajstić information content (AvgIpc) is 2.38. The Morgan fingerprint density at radius 1 is 1.29 bits per heavy atom. The van der Waals surface area contributed by atoms with Gasteiger partial charge in [0.15, 0.2) is 0 Å². The number of hydrogen-bond donors (Lipinski definition) is 1. The number of nitrogens with one attached hydrogen (secondary N) is 1.